The number of hydrogen-bond donors (Lipinski definition) is 0. The summed E-state index contributed by atoms with van der Waals surface area (Å²) in [5, 5.41) is 21.6. The van der Waals surface area contributed by atoms with Gasteiger partial charge in [0.25, 0.3) is 0 Å². The largest absolute Gasteiger partial charge is 0.312 e. The number of rotatable bonds is 4. The summed E-state index contributed by atoms with van der Waals surface area (Å²) in [5.74, 6) is 1.31. The first-order valence-electron chi connectivity index (χ1n) is 11.4. The van der Waals surface area contributed by atoms with Crippen molar-refractivity contribution in [3.05, 3.63) is 44.1 Å². The molecule has 0 spiro atoms. The van der Waals surface area contributed by atoms with Gasteiger partial charge in [0.2, 0.25) is 0 Å². The minimum atomic E-state index is -0.367. The standard InChI is InChI=1S/C23H29N7O2S/c1-12(10-28-14(3)19(30(31)32)13(2)26-28)20-25-21-18-16-8-7-15(23(4,5)6)9-17(16)33-22(18)24-11-29(21)27-20/h11-12,15H,7-10H2,1-6H3. The lowest BCUT2D eigenvalue weighted by molar-refractivity contribution is -0.386. The molecule has 5 rings (SSSR count). The maximum atomic E-state index is 11.3. The number of thiophene rings is 1. The second kappa shape index (κ2) is 7.58. The summed E-state index contributed by atoms with van der Waals surface area (Å²) in [5.41, 5.74) is 3.60. The number of aryl methyl sites for hydroxylation is 2. The Kier molecular flexibility index (Phi) is 5.04. The highest BCUT2D eigenvalue weighted by Crippen LogP contribution is 2.43. The van der Waals surface area contributed by atoms with E-state index < -0.39 is 0 Å². The number of aromatic nitrogens is 6. The average Bonchev–Trinajstić information content (AvgIpc) is 3.39. The molecule has 2 unspecified atom stereocenters. The predicted molar refractivity (Wildman–Crippen MR) is 128 cm³/mol. The fraction of sp³-hybridized carbons (Fsp3) is 0.565. The van der Waals surface area contributed by atoms with Gasteiger partial charge in [-0.1, -0.05) is 27.7 Å². The number of nitrogens with zero attached hydrogens (tertiary/aromatic N) is 7. The summed E-state index contributed by atoms with van der Waals surface area (Å²) in [4.78, 5) is 23.1. The van der Waals surface area contributed by atoms with Crippen LogP contribution >= 0.6 is 11.3 Å². The third-order valence-electron chi connectivity index (χ3n) is 7.04. The molecule has 2 atom stereocenters. The van der Waals surface area contributed by atoms with Crippen LogP contribution < -0.4 is 0 Å². The minimum absolute atomic E-state index is 0.0581. The van der Waals surface area contributed by atoms with Crippen molar-refractivity contribution >= 4 is 32.9 Å². The molecule has 0 aliphatic heterocycles. The van der Waals surface area contributed by atoms with Gasteiger partial charge in [0, 0.05) is 10.8 Å². The molecule has 4 heterocycles. The third-order valence-corrected chi connectivity index (χ3v) is 8.20. The van der Waals surface area contributed by atoms with Crippen LogP contribution in [0.4, 0.5) is 5.69 Å². The Hall–Kier alpha value is -2.88. The van der Waals surface area contributed by atoms with Crippen LogP contribution in [0.3, 0.4) is 0 Å². The van der Waals surface area contributed by atoms with Crippen LogP contribution in [0, 0.1) is 35.3 Å². The molecule has 0 N–H and O–H groups in total. The number of fused-ring (bicyclic) bond motifs is 5. The van der Waals surface area contributed by atoms with Crippen molar-refractivity contribution in [1.29, 1.82) is 0 Å². The molecule has 0 aromatic carbocycles. The lowest BCUT2D eigenvalue weighted by Crippen LogP contribution is -2.26. The molecule has 0 amide bonds. The number of hydrogen-bond acceptors (Lipinski definition) is 7. The van der Waals surface area contributed by atoms with Gasteiger partial charge in [-0.05, 0) is 50.0 Å². The first-order valence-corrected chi connectivity index (χ1v) is 12.2. The molecule has 1 aliphatic carbocycles. The Morgan fingerprint density at radius 2 is 2.06 bits per heavy atom. The SMILES string of the molecule is Cc1nn(CC(C)c2nc3c4c5c(sc4ncn3n2)CC(C(C)(C)C)CC5)c(C)c1[N+](=O)[O-]. The van der Waals surface area contributed by atoms with Crippen LogP contribution in [0.2, 0.25) is 0 Å². The molecule has 10 heteroatoms. The van der Waals surface area contributed by atoms with Crippen LogP contribution in [0.1, 0.15) is 67.7 Å². The van der Waals surface area contributed by atoms with E-state index in [0.717, 1.165) is 28.7 Å². The molecule has 174 valence electrons. The molecule has 0 radical (unpaired) electrons. The lowest BCUT2D eigenvalue weighted by atomic mass is 9.72. The Balaban J connectivity index is 1.50. The van der Waals surface area contributed by atoms with E-state index in [4.69, 9.17) is 15.1 Å². The van der Waals surface area contributed by atoms with Gasteiger partial charge < -0.3 is 0 Å². The third kappa shape index (κ3) is 3.60. The molecule has 9 nitrogen and oxygen atoms in total. The van der Waals surface area contributed by atoms with Crippen LogP contribution in [0.25, 0.3) is 15.9 Å². The first kappa shape index (κ1) is 21.9. The maximum absolute atomic E-state index is 11.3. The Bertz CT molecular complexity index is 1390. The summed E-state index contributed by atoms with van der Waals surface area (Å²) in [6, 6.07) is 0. The Morgan fingerprint density at radius 3 is 2.73 bits per heavy atom. The summed E-state index contributed by atoms with van der Waals surface area (Å²) in [6.07, 6.45) is 5.07. The second-order valence-electron chi connectivity index (χ2n) is 10.3. The monoisotopic (exact) mass is 467 g/mol. The Labute approximate surface area is 196 Å². The van der Waals surface area contributed by atoms with Gasteiger partial charge in [-0.25, -0.2) is 14.5 Å². The molecule has 0 fully saturated rings. The predicted octanol–water partition coefficient (Wildman–Crippen LogP) is 5.02. The van der Waals surface area contributed by atoms with Gasteiger partial charge in [0.05, 0.1) is 16.9 Å². The van der Waals surface area contributed by atoms with E-state index in [1.807, 2.05) is 6.92 Å². The van der Waals surface area contributed by atoms with E-state index in [1.54, 1.807) is 40.7 Å². The topological polar surface area (TPSA) is 104 Å². The highest BCUT2D eigenvalue weighted by molar-refractivity contribution is 7.19. The van der Waals surface area contributed by atoms with E-state index in [2.05, 4.69) is 25.9 Å². The fourth-order valence-electron chi connectivity index (χ4n) is 5.01. The van der Waals surface area contributed by atoms with Crippen molar-refractivity contribution in [2.24, 2.45) is 11.3 Å². The zero-order valence-corrected chi connectivity index (χ0v) is 20.7. The zero-order chi connectivity index (χ0) is 23.7. The van der Waals surface area contributed by atoms with E-state index in [0.29, 0.717) is 35.1 Å². The van der Waals surface area contributed by atoms with Gasteiger partial charge in [-0.3, -0.25) is 14.8 Å². The Morgan fingerprint density at radius 1 is 1.30 bits per heavy atom. The van der Waals surface area contributed by atoms with Crippen molar-refractivity contribution < 1.29 is 4.92 Å². The van der Waals surface area contributed by atoms with E-state index in [9.17, 15) is 10.1 Å². The normalized spacial score (nSPS) is 17.6. The molecule has 0 bridgehead atoms. The van der Waals surface area contributed by atoms with Gasteiger partial charge >= 0.3 is 5.69 Å². The molecule has 33 heavy (non-hydrogen) atoms. The highest BCUT2D eigenvalue weighted by Gasteiger charge is 2.32. The molecular weight excluding hydrogens is 438 g/mol. The van der Waals surface area contributed by atoms with Crippen LogP contribution in [-0.2, 0) is 19.4 Å². The summed E-state index contributed by atoms with van der Waals surface area (Å²) >= 11 is 1.79. The smallest absolute Gasteiger partial charge is 0.262 e. The van der Waals surface area contributed by atoms with Crippen molar-refractivity contribution in [3.63, 3.8) is 0 Å². The average molecular weight is 468 g/mol. The molecule has 4 aromatic heterocycles. The second-order valence-corrected chi connectivity index (χ2v) is 11.4. The summed E-state index contributed by atoms with van der Waals surface area (Å²) in [7, 11) is 0. The van der Waals surface area contributed by atoms with Crippen LogP contribution in [0.15, 0.2) is 6.33 Å². The molecule has 1 aliphatic rings. The van der Waals surface area contributed by atoms with Crippen molar-refractivity contribution in [1.82, 2.24) is 29.4 Å². The fourth-order valence-corrected chi connectivity index (χ4v) is 6.27. The summed E-state index contributed by atoms with van der Waals surface area (Å²) in [6.45, 7) is 12.9. The van der Waals surface area contributed by atoms with Crippen LogP contribution in [-0.4, -0.2) is 34.3 Å². The minimum Gasteiger partial charge on any atom is -0.262 e. The quantitative estimate of drug-likeness (QED) is 0.308. The number of nitro groups is 1. The molecular formula is C23H29N7O2S. The lowest BCUT2D eigenvalue weighted by Gasteiger charge is -2.33. The maximum Gasteiger partial charge on any atom is 0.312 e. The summed E-state index contributed by atoms with van der Waals surface area (Å²) < 4.78 is 3.47. The van der Waals surface area contributed by atoms with Crippen molar-refractivity contribution in [2.45, 2.75) is 73.3 Å². The van der Waals surface area contributed by atoms with Gasteiger partial charge in [-0.15, -0.1) is 16.4 Å². The zero-order valence-electron chi connectivity index (χ0n) is 19.9. The molecule has 0 saturated carbocycles. The van der Waals surface area contributed by atoms with E-state index in [1.165, 1.54) is 16.9 Å². The van der Waals surface area contributed by atoms with Crippen molar-refractivity contribution in [2.75, 3.05) is 0 Å². The molecule has 0 saturated heterocycles. The van der Waals surface area contributed by atoms with Gasteiger partial charge in [-0.2, -0.15) is 5.10 Å². The van der Waals surface area contributed by atoms with E-state index >= 15 is 0 Å². The van der Waals surface area contributed by atoms with Gasteiger partial charge in [0.1, 0.15) is 22.5 Å². The van der Waals surface area contributed by atoms with E-state index in [-0.39, 0.29) is 16.5 Å². The first-order chi connectivity index (χ1) is 15.5. The molecule has 4 aromatic rings. The van der Waals surface area contributed by atoms with Gasteiger partial charge in [0.15, 0.2) is 11.5 Å². The van der Waals surface area contributed by atoms with Crippen molar-refractivity contribution in [3.8, 4) is 0 Å². The van der Waals surface area contributed by atoms with Crippen LogP contribution in [0.5, 0.6) is 0 Å². The highest BCUT2D eigenvalue weighted by atomic mass is 32.1.